The molecular weight excluding hydrogens is 240 g/mol. The van der Waals surface area contributed by atoms with Crippen LogP contribution in [0.1, 0.15) is 25.3 Å². The van der Waals surface area contributed by atoms with Crippen LogP contribution in [-0.2, 0) is 5.41 Å². The number of nitrogens with one attached hydrogen (secondary N) is 1. The summed E-state index contributed by atoms with van der Waals surface area (Å²) in [6.45, 7) is 2.21. The van der Waals surface area contributed by atoms with Gasteiger partial charge < -0.3 is 5.32 Å². The van der Waals surface area contributed by atoms with Crippen LogP contribution >= 0.6 is 11.8 Å². The molecule has 0 heterocycles. The van der Waals surface area contributed by atoms with E-state index in [0.717, 1.165) is 18.6 Å². The summed E-state index contributed by atoms with van der Waals surface area (Å²) in [5.41, 5.74) is 0.918. The van der Waals surface area contributed by atoms with Crippen molar-refractivity contribution >= 4 is 11.8 Å². The minimum Gasteiger partial charge on any atom is -0.311 e. The first-order chi connectivity index (χ1) is 8.70. The molecule has 96 valence electrons. The van der Waals surface area contributed by atoms with Crippen LogP contribution in [0.4, 0.5) is 0 Å². The molecular formula is C15H20N2S. The quantitative estimate of drug-likeness (QED) is 0.884. The molecule has 1 aliphatic rings. The third kappa shape index (κ3) is 2.71. The molecule has 1 unspecified atom stereocenters. The maximum absolute atomic E-state index is 9.46. The highest BCUT2D eigenvalue weighted by atomic mass is 32.2. The van der Waals surface area contributed by atoms with Gasteiger partial charge in [0.05, 0.1) is 11.5 Å². The summed E-state index contributed by atoms with van der Waals surface area (Å²) >= 11 is 1.86. The Morgan fingerprint density at radius 3 is 2.67 bits per heavy atom. The minimum absolute atomic E-state index is 0.252. The Morgan fingerprint density at radius 1 is 1.44 bits per heavy atom. The monoisotopic (exact) mass is 260 g/mol. The topological polar surface area (TPSA) is 35.8 Å². The van der Waals surface area contributed by atoms with Gasteiger partial charge in [-0.3, -0.25) is 0 Å². The lowest BCUT2D eigenvalue weighted by molar-refractivity contribution is 0.216. The fourth-order valence-corrected chi connectivity index (χ4v) is 3.34. The molecule has 1 atom stereocenters. The van der Waals surface area contributed by atoms with Gasteiger partial charge in [-0.1, -0.05) is 30.3 Å². The third-order valence-corrected chi connectivity index (χ3v) is 4.50. The van der Waals surface area contributed by atoms with Gasteiger partial charge in [-0.05, 0) is 31.6 Å². The second-order valence-corrected chi connectivity index (χ2v) is 6.10. The normalized spacial score (nSPS) is 28.2. The van der Waals surface area contributed by atoms with Crippen LogP contribution in [0.25, 0.3) is 0 Å². The lowest BCUT2D eigenvalue weighted by Crippen LogP contribution is -2.53. The molecule has 0 saturated heterocycles. The van der Waals surface area contributed by atoms with E-state index in [0.29, 0.717) is 12.1 Å². The van der Waals surface area contributed by atoms with Crippen molar-refractivity contribution in [3.8, 4) is 6.07 Å². The second-order valence-electron chi connectivity index (χ2n) is 5.19. The smallest absolute Gasteiger partial charge is 0.0852 e. The Labute approximate surface area is 114 Å². The highest BCUT2D eigenvalue weighted by Crippen LogP contribution is 2.43. The molecule has 2 rings (SSSR count). The molecule has 0 spiro atoms. The van der Waals surface area contributed by atoms with Gasteiger partial charge in [-0.25, -0.2) is 0 Å². The Hall–Kier alpha value is -0.980. The van der Waals surface area contributed by atoms with Gasteiger partial charge in [0.15, 0.2) is 0 Å². The first kappa shape index (κ1) is 13.5. The number of benzene rings is 1. The molecule has 18 heavy (non-hydrogen) atoms. The lowest BCUT2D eigenvalue weighted by Gasteiger charge is -2.44. The van der Waals surface area contributed by atoms with Crippen LogP contribution in [0.5, 0.6) is 0 Å². The van der Waals surface area contributed by atoms with E-state index in [1.165, 1.54) is 5.56 Å². The number of hydrogen-bond donors (Lipinski definition) is 1. The second kappa shape index (κ2) is 5.77. The van der Waals surface area contributed by atoms with Crippen LogP contribution in [0, 0.1) is 11.3 Å². The maximum Gasteiger partial charge on any atom is 0.0852 e. The molecule has 1 aliphatic carbocycles. The minimum atomic E-state index is -0.252. The van der Waals surface area contributed by atoms with E-state index in [4.69, 9.17) is 0 Å². The Balaban J connectivity index is 1.95. The van der Waals surface area contributed by atoms with Gasteiger partial charge in [-0.2, -0.15) is 17.0 Å². The highest BCUT2D eigenvalue weighted by molar-refractivity contribution is 7.98. The predicted molar refractivity (Wildman–Crippen MR) is 77.7 cm³/mol. The molecule has 1 N–H and O–H groups in total. The molecule has 0 bridgehead atoms. The van der Waals surface area contributed by atoms with Crippen LogP contribution in [0.15, 0.2) is 30.3 Å². The van der Waals surface area contributed by atoms with Crippen molar-refractivity contribution in [3.05, 3.63) is 35.9 Å². The Morgan fingerprint density at radius 2 is 2.11 bits per heavy atom. The number of hydrogen-bond acceptors (Lipinski definition) is 3. The molecule has 0 amide bonds. The third-order valence-electron chi connectivity index (χ3n) is 3.67. The van der Waals surface area contributed by atoms with E-state index in [2.05, 4.69) is 36.7 Å². The summed E-state index contributed by atoms with van der Waals surface area (Å²) in [6.07, 6.45) is 4.00. The van der Waals surface area contributed by atoms with E-state index in [-0.39, 0.29) is 5.41 Å². The van der Waals surface area contributed by atoms with E-state index >= 15 is 0 Å². The zero-order valence-corrected chi connectivity index (χ0v) is 11.8. The molecule has 1 saturated carbocycles. The van der Waals surface area contributed by atoms with Gasteiger partial charge in [0.2, 0.25) is 0 Å². The van der Waals surface area contributed by atoms with Crippen LogP contribution in [-0.4, -0.2) is 24.1 Å². The Bertz CT molecular complexity index is 418. The molecule has 0 radical (unpaired) electrons. The number of thioether (sulfide) groups is 1. The summed E-state index contributed by atoms with van der Waals surface area (Å²) < 4.78 is 0. The fraction of sp³-hybridized carbons (Fsp3) is 0.533. The van der Waals surface area contributed by atoms with E-state index in [1.54, 1.807) is 0 Å². The van der Waals surface area contributed by atoms with Crippen LogP contribution in [0.3, 0.4) is 0 Å². The zero-order chi connectivity index (χ0) is 13.0. The predicted octanol–water partition coefficient (Wildman–Crippen LogP) is 2.95. The molecule has 1 aromatic rings. The van der Waals surface area contributed by atoms with Gasteiger partial charge in [-0.15, -0.1) is 0 Å². The SMILES string of the molecule is CSCC(C)NC1CC(C#N)(c2ccccc2)C1. The van der Waals surface area contributed by atoms with Gasteiger partial charge in [0, 0.05) is 17.8 Å². The molecule has 3 heteroatoms. The van der Waals surface area contributed by atoms with Crippen molar-refractivity contribution in [3.63, 3.8) is 0 Å². The summed E-state index contributed by atoms with van der Waals surface area (Å²) in [4.78, 5) is 0. The van der Waals surface area contributed by atoms with Crippen molar-refractivity contribution in [2.24, 2.45) is 0 Å². The van der Waals surface area contributed by atoms with Gasteiger partial charge >= 0.3 is 0 Å². The summed E-state index contributed by atoms with van der Waals surface area (Å²) in [5.74, 6) is 1.13. The first-order valence-corrected chi connectivity index (χ1v) is 7.81. The molecule has 0 aromatic heterocycles. The standard InChI is InChI=1S/C15H20N2S/c1-12(10-18-2)17-14-8-15(9-14,11-16)13-6-4-3-5-7-13/h3-7,12,14,17H,8-10H2,1-2H3. The maximum atomic E-state index is 9.46. The van der Waals surface area contributed by atoms with E-state index in [9.17, 15) is 5.26 Å². The van der Waals surface area contributed by atoms with Gasteiger partial charge in [0.1, 0.15) is 0 Å². The van der Waals surface area contributed by atoms with Crippen molar-refractivity contribution in [2.45, 2.75) is 37.3 Å². The Kier molecular flexibility index (Phi) is 4.31. The molecule has 2 nitrogen and oxygen atoms in total. The van der Waals surface area contributed by atoms with Crippen molar-refractivity contribution in [2.75, 3.05) is 12.0 Å². The summed E-state index contributed by atoms with van der Waals surface area (Å²) in [7, 11) is 0. The molecule has 0 aliphatic heterocycles. The van der Waals surface area contributed by atoms with Crippen molar-refractivity contribution in [1.29, 1.82) is 5.26 Å². The zero-order valence-electron chi connectivity index (χ0n) is 11.0. The highest BCUT2D eigenvalue weighted by Gasteiger charge is 2.46. The first-order valence-electron chi connectivity index (χ1n) is 6.42. The largest absolute Gasteiger partial charge is 0.311 e. The average molecular weight is 260 g/mol. The number of nitrogens with zero attached hydrogens (tertiary/aromatic N) is 1. The molecule has 1 fully saturated rings. The van der Waals surface area contributed by atoms with Crippen molar-refractivity contribution in [1.82, 2.24) is 5.32 Å². The molecule has 1 aromatic carbocycles. The summed E-state index contributed by atoms with van der Waals surface area (Å²) in [6, 6.07) is 13.7. The fourth-order valence-electron chi connectivity index (χ4n) is 2.75. The van der Waals surface area contributed by atoms with E-state index in [1.807, 2.05) is 30.0 Å². The van der Waals surface area contributed by atoms with Crippen LogP contribution < -0.4 is 5.32 Å². The average Bonchev–Trinajstić information content (AvgIpc) is 2.35. The van der Waals surface area contributed by atoms with E-state index < -0.39 is 0 Å². The summed E-state index contributed by atoms with van der Waals surface area (Å²) in [5, 5.41) is 13.1. The van der Waals surface area contributed by atoms with Crippen molar-refractivity contribution < 1.29 is 0 Å². The lowest BCUT2D eigenvalue weighted by atomic mass is 9.62. The van der Waals surface area contributed by atoms with Crippen LogP contribution in [0.2, 0.25) is 0 Å². The number of nitriles is 1. The number of rotatable bonds is 5. The van der Waals surface area contributed by atoms with Gasteiger partial charge in [0.25, 0.3) is 0 Å².